The Morgan fingerprint density at radius 3 is 2.09 bits per heavy atom. The number of halogens is 2. The van der Waals surface area contributed by atoms with Crippen molar-refractivity contribution in [2.24, 2.45) is 0 Å². The zero-order valence-electron chi connectivity index (χ0n) is 7.03. The van der Waals surface area contributed by atoms with Gasteiger partial charge >= 0.3 is 0 Å². The highest BCUT2D eigenvalue weighted by Crippen LogP contribution is 2.10. The quantitative estimate of drug-likeness (QED) is 0.457. The lowest BCUT2D eigenvalue weighted by molar-refractivity contribution is 0.862. The number of unbranched alkanes of at least 4 members (excludes halogenated alkanes) is 2. The third-order valence-electron chi connectivity index (χ3n) is 1.26. The number of rotatable bonds is 4. The minimum absolute atomic E-state index is 0.377. The van der Waals surface area contributed by atoms with Crippen LogP contribution in [0.5, 0.6) is 0 Å². The smallest absolute Gasteiger partial charge is 0.0859 e. The van der Waals surface area contributed by atoms with Crippen LogP contribution in [0.3, 0.4) is 0 Å². The molecular formula is C9H14Cl2. The number of hydrogen-bond donors (Lipinski definition) is 0. The van der Waals surface area contributed by atoms with Crippen LogP contribution in [0.1, 0.15) is 33.1 Å². The van der Waals surface area contributed by atoms with E-state index in [0.717, 1.165) is 19.3 Å². The van der Waals surface area contributed by atoms with Gasteiger partial charge in [0.25, 0.3) is 0 Å². The van der Waals surface area contributed by atoms with Crippen molar-refractivity contribution in [3.63, 3.8) is 0 Å². The van der Waals surface area contributed by atoms with Crippen LogP contribution in [0.25, 0.3) is 0 Å². The van der Waals surface area contributed by atoms with Gasteiger partial charge in [0.2, 0.25) is 0 Å². The van der Waals surface area contributed by atoms with E-state index in [-0.39, 0.29) is 0 Å². The van der Waals surface area contributed by atoms with Gasteiger partial charge in [-0.15, -0.1) is 0 Å². The van der Waals surface area contributed by atoms with Crippen LogP contribution in [-0.2, 0) is 0 Å². The summed E-state index contributed by atoms with van der Waals surface area (Å²) in [6.45, 7) is 4.20. The number of allylic oxidation sites excluding steroid dienone is 3. The Labute approximate surface area is 78.9 Å². The summed E-state index contributed by atoms with van der Waals surface area (Å²) in [5.74, 6) is 0. The predicted molar refractivity (Wildman–Crippen MR) is 53.1 cm³/mol. The summed E-state index contributed by atoms with van der Waals surface area (Å²) in [6, 6.07) is 0. The molecule has 0 aromatic heterocycles. The van der Waals surface area contributed by atoms with Crippen LogP contribution in [0.2, 0.25) is 0 Å². The van der Waals surface area contributed by atoms with Crippen LogP contribution in [-0.4, -0.2) is 0 Å². The Balaban J connectivity index is 3.29. The zero-order chi connectivity index (χ0) is 8.69. The van der Waals surface area contributed by atoms with Gasteiger partial charge in [-0.2, -0.15) is 0 Å². The lowest BCUT2D eigenvalue weighted by atomic mass is 10.2. The van der Waals surface area contributed by atoms with Gasteiger partial charge in [-0.3, -0.25) is 0 Å². The molecule has 0 aliphatic heterocycles. The van der Waals surface area contributed by atoms with Gasteiger partial charge in [0, 0.05) is 0 Å². The Bertz CT molecular complexity index is 131. The molecule has 0 unspecified atom stereocenters. The van der Waals surface area contributed by atoms with E-state index in [1.54, 1.807) is 0 Å². The maximum atomic E-state index is 5.43. The second kappa shape index (κ2) is 6.75. The normalized spacial score (nSPS) is 9.09. The van der Waals surface area contributed by atoms with Crippen molar-refractivity contribution in [1.29, 1.82) is 0 Å². The summed E-state index contributed by atoms with van der Waals surface area (Å²) in [7, 11) is 0. The maximum Gasteiger partial charge on any atom is 0.102 e. The molecule has 0 aromatic carbocycles. The van der Waals surface area contributed by atoms with E-state index in [0.29, 0.717) is 4.49 Å². The van der Waals surface area contributed by atoms with Crippen molar-refractivity contribution in [3.05, 3.63) is 22.2 Å². The zero-order valence-corrected chi connectivity index (χ0v) is 8.54. The molecule has 0 rings (SSSR count). The first-order valence-corrected chi connectivity index (χ1v) is 4.53. The van der Waals surface area contributed by atoms with Gasteiger partial charge in [0.1, 0.15) is 4.49 Å². The van der Waals surface area contributed by atoms with E-state index < -0.39 is 0 Å². The van der Waals surface area contributed by atoms with Gasteiger partial charge in [0.15, 0.2) is 0 Å². The molecule has 0 fully saturated rings. The Hall–Kier alpha value is 0.0600. The lowest BCUT2D eigenvalue weighted by Crippen LogP contribution is -1.71. The summed E-state index contributed by atoms with van der Waals surface area (Å²) in [5, 5.41) is 0. The molecular weight excluding hydrogens is 179 g/mol. The maximum absolute atomic E-state index is 5.43. The molecule has 0 radical (unpaired) electrons. The fourth-order valence-electron chi connectivity index (χ4n) is 0.720. The van der Waals surface area contributed by atoms with E-state index >= 15 is 0 Å². The molecule has 0 saturated heterocycles. The van der Waals surface area contributed by atoms with Gasteiger partial charge in [-0.1, -0.05) is 40.9 Å². The average molecular weight is 193 g/mol. The Morgan fingerprint density at radius 2 is 1.64 bits per heavy atom. The first kappa shape index (κ1) is 11.1. The summed E-state index contributed by atoms with van der Waals surface area (Å²) < 4.78 is 0.377. The van der Waals surface area contributed by atoms with Crippen molar-refractivity contribution < 1.29 is 0 Å². The molecule has 64 valence electrons. The Kier molecular flexibility index (Phi) is 6.79. The van der Waals surface area contributed by atoms with E-state index in [1.807, 2.05) is 6.08 Å². The lowest BCUT2D eigenvalue weighted by Gasteiger charge is -1.91. The third-order valence-corrected chi connectivity index (χ3v) is 1.57. The van der Waals surface area contributed by atoms with E-state index in [1.165, 1.54) is 5.57 Å². The van der Waals surface area contributed by atoms with Crippen LogP contribution >= 0.6 is 23.2 Å². The third kappa shape index (κ3) is 10.1. The number of hydrogen-bond acceptors (Lipinski definition) is 0. The van der Waals surface area contributed by atoms with Crippen LogP contribution in [0.15, 0.2) is 22.2 Å². The molecule has 0 aromatic rings. The minimum Gasteiger partial charge on any atom is -0.0859 e. The molecule has 0 spiro atoms. The van der Waals surface area contributed by atoms with Crippen LogP contribution in [0, 0.1) is 0 Å². The second-order valence-electron chi connectivity index (χ2n) is 2.71. The highest BCUT2D eigenvalue weighted by Gasteiger charge is 1.84. The highest BCUT2D eigenvalue weighted by molar-refractivity contribution is 6.55. The minimum atomic E-state index is 0.377. The van der Waals surface area contributed by atoms with Crippen molar-refractivity contribution in [3.8, 4) is 0 Å². The molecule has 0 nitrogen and oxygen atoms in total. The summed E-state index contributed by atoms with van der Waals surface area (Å²) in [5.41, 5.74) is 1.37. The van der Waals surface area contributed by atoms with Crippen molar-refractivity contribution in [2.45, 2.75) is 33.1 Å². The predicted octanol–water partition coefficient (Wildman–Crippen LogP) is 4.44. The first-order valence-electron chi connectivity index (χ1n) is 3.77. The van der Waals surface area contributed by atoms with Gasteiger partial charge in [0.05, 0.1) is 0 Å². The molecule has 0 atom stereocenters. The average Bonchev–Trinajstić information content (AvgIpc) is 1.85. The first-order chi connectivity index (χ1) is 5.13. The molecule has 11 heavy (non-hydrogen) atoms. The monoisotopic (exact) mass is 192 g/mol. The molecule has 0 amide bonds. The Morgan fingerprint density at radius 1 is 1.09 bits per heavy atom. The van der Waals surface area contributed by atoms with Crippen molar-refractivity contribution in [1.82, 2.24) is 0 Å². The standard InChI is InChI=1S/C9H14Cl2/c1-8(2)6-4-3-5-7-9(10)11/h6-7H,3-5H2,1-2H3. The summed E-state index contributed by atoms with van der Waals surface area (Å²) in [6.07, 6.45) is 7.25. The van der Waals surface area contributed by atoms with E-state index in [2.05, 4.69) is 19.9 Å². The van der Waals surface area contributed by atoms with Gasteiger partial charge in [-0.05, 0) is 33.1 Å². The van der Waals surface area contributed by atoms with E-state index in [4.69, 9.17) is 23.2 Å². The SMILES string of the molecule is CC(C)=CCCCC=C(Cl)Cl. The highest BCUT2D eigenvalue weighted by atomic mass is 35.5. The van der Waals surface area contributed by atoms with Crippen molar-refractivity contribution >= 4 is 23.2 Å². The summed E-state index contributed by atoms with van der Waals surface area (Å²) >= 11 is 10.9. The molecule has 0 aliphatic rings. The largest absolute Gasteiger partial charge is 0.102 e. The molecule has 0 aliphatic carbocycles. The topological polar surface area (TPSA) is 0 Å². The molecule has 2 heteroatoms. The van der Waals surface area contributed by atoms with Crippen molar-refractivity contribution in [2.75, 3.05) is 0 Å². The van der Waals surface area contributed by atoms with Crippen LogP contribution < -0.4 is 0 Å². The van der Waals surface area contributed by atoms with Gasteiger partial charge < -0.3 is 0 Å². The second-order valence-corrected chi connectivity index (χ2v) is 3.71. The van der Waals surface area contributed by atoms with Gasteiger partial charge in [-0.25, -0.2) is 0 Å². The van der Waals surface area contributed by atoms with Crippen LogP contribution in [0.4, 0.5) is 0 Å². The summed E-state index contributed by atoms with van der Waals surface area (Å²) in [4.78, 5) is 0. The fourth-order valence-corrected chi connectivity index (χ4v) is 0.938. The fraction of sp³-hybridized carbons (Fsp3) is 0.556. The van der Waals surface area contributed by atoms with E-state index in [9.17, 15) is 0 Å². The molecule has 0 N–H and O–H groups in total. The molecule has 0 saturated carbocycles. The molecule has 0 heterocycles. The molecule has 0 bridgehead atoms.